The van der Waals surface area contributed by atoms with Gasteiger partial charge >= 0.3 is 11.9 Å². The minimum Gasteiger partial charge on any atom is -0.471 e. The van der Waals surface area contributed by atoms with Crippen LogP contribution in [-0.4, -0.2) is 11.1 Å². The molecular weight excluding hydrogens is 242 g/mol. The number of para-hydroxylation sites is 2. The first kappa shape index (κ1) is 13.6. The molecule has 0 saturated carbocycles. The lowest BCUT2D eigenvalue weighted by molar-refractivity contribution is -0.679. The second kappa shape index (κ2) is 6.36. The van der Waals surface area contributed by atoms with E-state index >= 15 is 0 Å². The summed E-state index contributed by atoms with van der Waals surface area (Å²) >= 11 is 0. The number of aryl methyl sites for hydroxylation is 1. The van der Waals surface area contributed by atoms with Crippen LogP contribution in [0.2, 0.25) is 0 Å². The van der Waals surface area contributed by atoms with Gasteiger partial charge in [-0.1, -0.05) is 38.3 Å². The SMILES string of the molecule is CCCCCCC[n+]1c(C(=O)O)oc2ccccc21. The highest BCUT2D eigenvalue weighted by atomic mass is 16.4. The maximum absolute atomic E-state index is 11.2. The van der Waals surface area contributed by atoms with Crippen molar-refractivity contribution in [3.05, 3.63) is 30.2 Å². The lowest BCUT2D eigenvalue weighted by atomic mass is 10.1. The number of aromatic carboxylic acids is 1. The van der Waals surface area contributed by atoms with E-state index in [9.17, 15) is 9.90 Å². The standard InChI is InChI=1S/C15H19NO3/c1-2-3-4-5-8-11-16-12-9-6-7-10-13(12)19-14(16)15(17)18/h6-7,9-10H,2-5,8,11H2,1H3/p+1. The Kier molecular flexibility index (Phi) is 4.55. The van der Waals surface area contributed by atoms with Crippen molar-refractivity contribution in [1.29, 1.82) is 0 Å². The Hall–Kier alpha value is -1.84. The quantitative estimate of drug-likeness (QED) is 0.614. The van der Waals surface area contributed by atoms with Gasteiger partial charge in [-0.25, -0.2) is 4.79 Å². The molecule has 0 unspecified atom stereocenters. The molecule has 0 radical (unpaired) electrons. The van der Waals surface area contributed by atoms with Crippen molar-refractivity contribution in [2.45, 2.75) is 45.6 Å². The van der Waals surface area contributed by atoms with Gasteiger partial charge in [-0.15, -0.1) is 0 Å². The number of carboxylic acids is 1. The zero-order valence-corrected chi connectivity index (χ0v) is 11.3. The summed E-state index contributed by atoms with van der Waals surface area (Å²) in [5, 5.41) is 9.19. The fourth-order valence-corrected chi connectivity index (χ4v) is 2.29. The number of hydrogen-bond donors (Lipinski definition) is 1. The van der Waals surface area contributed by atoms with E-state index in [-0.39, 0.29) is 5.89 Å². The molecule has 0 saturated heterocycles. The summed E-state index contributed by atoms with van der Waals surface area (Å²) in [6.45, 7) is 2.88. The van der Waals surface area contributed by atoms with Crippen molar-refractivity contribution < 1.29 is 18.9 Å². The van der Waals surface area contributed by atoms with Gasteiger partial charge in [-0.05, 0) is 12.5 Å². The average Bonchev–Trinajstić information content (AvgIpc) is 2.78. The normalized spacial score (nSPS) is 11.0. The molecule has 2 aromatic rings. The zero-order chi connectivity index (χ0) is 13.7. The number of fused-ring (bicyclic) bond motifs is 1. The Labute approximate surface area is 112 Å². The van der Waals surface area contributed by atoms with Gasteiger partial charge in [0.15, 0.2) is 6.54 Å². The number of hydrogen-bond acceptors (Lipinski definition) is 2. The van der Waals surface area contributed by atoms with Gasteiger partial charge in [-0.3, -0.25) is 0 Å². The Morgan fingerprint density at radius 2 is 1.95 bits per heavy atom. The van der Waals surface area contributed by atoms with Crippen molar-refractivity contribution in [3.8, 4) is 0 Å². The van der Waals surface area contributed by atoms with Crippen LogP contribution in [0.4, 0.5) is 0 Å². The number of carbonyl (C=O) groups is 1. The maximum Gasteiger partial charge on any atom is 0.462 e. The lowest BCUT2D eigenvalue weighted by Gasteiger charge is -1.97. The number of aromatic nitrogens is 1. The van der Waals surface area contributed by atoms with Crippen LogP contribution >= 0.6 is 0 Å². The van der Waals surface area contributed by atoms with Crippen LogP contribution in [-0.2, 0) is 6.54 Å². The molecule has 1 aromatic carbocycles. The van der Waals surface area contributed by atoms with Crippen LogP contribution in [0.25, 0.3) is 11.1 Å². The fraction of sp³-hybridized carbons (Fsp3) is 0.467. The summed E-state index contributed by atoms with van der Waals surface area (Å²) in [5.74, 6) is -0.985. The summed E-state index contributed by atoms with van der Waals surface area (Å²) in [5.41, 5.74) is 1.49. The van der Waals surface area contributed by atoms with Crippen LogP contribution in [0.15, 0.2) is 28.7 Å². The van der Waals surface area contributed by atoms with Gasteiger partial charge in [0.25, 0.3) is 5.52 Å². The van der Waals surface area contributed by atoms with Crippen molar-refractivity contribution in [1.82, 2.24) is 0 Å². The van der Waals surface area contributed by atoms with E-state index in [1.807, 2.05) is 18.2 Å². The minimum absolute atomic E-state index is 0.0247. The predicted octanol–water partition coefficient (Wildman–Crippen LogP) is 3.39. The molecule has 1 aromatic heterocycles. The molecule has 0 bridgehead atoms. The first-order chi connectivity index (χ1) is 9.24. The molecule has 0 aliphatic rings. The number of unbranched alkanes of at least 4 members (excludes halogenated alkanes) is 4. The van der Waals surface area contributed by atoms with Crippen LogP contribution in [0, 0.1) is 0 Å². The third-order valence-electron chi connectivity index (χ3n) is 3.28. The highest BCUT2D eigenvalue weighted by Crippen LogP contribution is 2.14. The zero-order valence-electron chi connectivity index (χ0n) is 11.3. The molecule has 1 N–H and O–H groups in total. The molecule has 0 aliphatic carbocycles. The first-order valence-electron chi connectivity index (χ1n) is 6.88. The highest BCUT2D eigenvalue weighted by molar-refractivity contribution is 5.83. The summed E-state index contributed by atoms with van der Waals surface area (Å²) in [6.07, 6.45) is 5.76. The third-order valence-corrected chi connectivity index (χ3v) is 3.28. The molecule has 0 atom stereocenters. The average molecular weight is 262 g/mol. The number of benzene rings is 1. The monoisotopic (exact) mass is 262 g/mol. The Morgan fingerprint density at radius 3 is 2.68 bits per heavy atom. The van der Waals surface area contributed by atoms with Crippen molar-refractivity contribution in [2.24, 2.45) is 0 Å². The van der Waals surface area contributed by atoms with Gasteiger partial charge in [0.1, 0.15) is 0 Å². The third kappa shape index (κ3) is 3.13. The summed E-state index contributed by atoms with van der Waals surface area (Å²) in [6, 6.07) is 7.45. The highest BCUT2D eigenvalue weighted by Gasteiger charge is 2.27. The molecule has 0 spiro atoms. The summed E-state index contributed by atoms with van der Waals surface area (Å²) in [4.78, 5) is 11.2. The van der Waals surface area contributed by atoms with E-state index in [0.29, 0.717) is 12.1 Å². The van der Waals surface area contributed by atoms with E-state index in [1.165, 1.54) is 19.3 Å². The van der Waals surface area contributed by atoms with Gasteiger partial charge in [0, 0.05) is 12.5 Å². The second-order valence-electron chi connectivity index (χ2n) is 4.75. The topological polar surface area (TPSA) is 54.3 Å². The molecule has 0 aliphatic heterocycles. The van der Waals surface area contributed by atoms with Gasteiger partial charge in [0.05, 0.1) is 0 Å². The fourth-order valence-electron chi connectivity index (χ4n) is 2.29. The van der Waals surface area contributed by atoms with Gasteiger partial charge in [-0.2, -0.15) is 4.57 Å². The lowest BCUT2D eigenvalue weighted by Crippen LogP contribution is -2.38. The van der Waals surface area contributed by atoms with E-state index in [1.54, 1.807) is 10.6 Å². The molecule has 2 rings (SSSR count). The Balaban J connectivity index is 2.15. The maximum atomic E-state index is 11.2. The van der Waals surface area contributed by atoms with E-state index in [2.05, 4.69) is 6.92 Å². The number of nitrogens with zero attached hydrogens (tertiary/aromatic N) is 1. The van der Waals surface area contributed by atoms with E-state index in [4.69, 9.17) is 4.42 Å². The summed E-state index contributed by atoms with van der Waals surface area (Å²) in [7, 11) is 0. The van der Waals surface area contributed by atoms with Crippen LogP contribution in [0.5, 0.6) is 0 Å². The minimum atomic E-state index is -1.01. The van der Waals surface area contributed by atoms with Gasteiger partial charge < -0.3 is 9.52 Å². The number of oxazole rings is 1. The van der Waals surface area contributed by atoms with Crippen LogP contribution in [0.3, 0.4) is 0 Å². The molecule has 0 amide bonds. The Bertz CT molecular complexity index is 560. The molecule has 102 valence electrons. The number of rotatable bonds is 7. The van der Waals surface area contributed by atoms with Crippen molar-refractivity contribution in [3.63, 3.8) is 0 Å². The molecule has 0 fully saturated rings. The molecule has 4 nitrogen and oxygen atoms in total. The summed E-state index contributed by atoms with van der Waals surface area (Å²) < 4.78 is 7.17. The molecule has 4 heteroatoms. The van der Waals surface area contributed by atoms with Gasteiger partial charge in [0.2, 0.25) is 5.58 Å². The van der Waals surface area contributed by atoms with Crippen LogP contribution < -0.4 is 4.57 Å². The Morgan fingerprint density at radius 1 is 1.21 bits per heavy atom. The number of carboxylic acid groups (broad SMARTS) is 1. The largest absolute Gasteiger partial charge is 0.471 e. The molecular formula is C15H20NO3+. The van der Waals surface area contributed by atoms with Crippen molar-refractivity contribution in [2.75, 3.05) is 0 Å². The molecule has 19 heavy (non-hydrogen) atoms. The predicted molar refractivity (Wildman–Crippen MR) is 72.1 cm³/mol. The van der Waals surface area contributed by atoms with Crippen molar-refractivity contribution >= 4 is 17.1 Å². The van der Waals surface area contributed by atoms with E-state index < -0.39 is 5.97 Å². The van der Waals surface area contributed by atoms with E-state index in [0.717, 1.165) is 18.4 Å². The first-order valence-corrected chi connectivity index (χ1v) is 6.88. The smallest absolute Gasteiger partial charge is 0.462 e. The molecule has 1 heterocycles. The second-order valence-corrected chi connectivity index (χ2v) is 4.75. The van der Waals surface area contributed by atoms with Crippen LogP contribution in [0.1, 0.15) is 49.7 Å².